The van der Waals surface area contributed by atoms with Crippen molar-refractivity contribution in [3.8, 4) is 5.75 Å². The SMILES string of the molecule is CC[C@H](C)NC(=O)[C@H](CC)N(Cc1ccc(Cl)cc1)C(=O)COc1ccccc1C(C)C. The summed E-state index contributed by atoms with van der Waals surface area (Å²) >= 11 is 6.02. The molecule has 0 radical (unpaired) electrons. The van der Waals surface area contributed by atoms with Crippen molar-refractivity contribution in [3.05, 3.63) is 64.7 Å². The van der Waals surface area contributed by atoms with Crippen LogP contribution in [0.3, 0.4) is 0 Å². The van der Waals surface area contributed by atoms with Gasteiger partial charge in [-0.3, -0.25) is 9.59 Å². The molecule has 0 heterocycles. The number of carbonyl (C=O) groups excluding carboxylic acids is 2. The summed E-state index contributed by atoms with van der Waals surface area (Å²) in [5.41, 5.74) is 1.95. The lowest BCUT2D eigenvalue weighted by molar-refractivity contribution is -0.143. The van der Waals surface area contributed by atoms with Gasteiger partial charge in [0.25, 0.3) is 5.91 Å². The first kappa shape index (κ1) is 25.7. The number of para-hydroxylation sites is 1. The second kappa shape index (κ2) is 12.5. The monoisotopic (exact) mass is 458 g/mol. The quantitative estimate of drug-likeness (QED) is 0.479. The minimum Gasteiger partial charge on any atom is -0.483 e. The maximum atomic E-state index is 13.3. The van der Waals surface area contributed by atoms with Crippen LogP contribution in [-0.4, -0.2) is 35.4 Å². The minimum atomic E-state index is -0.587. The number of hydrogen-bond donors (Lipinski definition) is 1. The zero-order chi connectivity index (χ0) is 23.7. The van der Waals surface area contributed by atoms with Crippen molar-refractivity contribution in [1.29, 1.82) is 0 Å². The van der Waals surface area contributed by atoms with Gasteiger partial charge in [-0.15, -0.1) is 0 Å². The summed E-state index contributed by atoms with van der Waals surface area (Å²) in [7, 11) is 0. The van der Waals surface area contributed by atoms with Gasteiger partial charge in [0.1, 0.15) is 11.8 Å². The van der Waals surface area contributed by atoms with Gasteiger partial charge in [0.2, 0.25) is 5.91 Å². The maximum Gasteiger partial charge on any atom is 0.261 e. The molecule has 2 aromatic carbocycles. The molecule has 0 spiro atoms. The van der Waals surface area contributed by atoms with E-state index in [1.165, 1.54) is 0 Å². The van der Waals surface area contributed by atoms with Crippen molar-refractivity contribution in [1.82, 2.24) is 10.2 Å². The lowest BCUT2D eigenvalue weighted by Gasteiger charge is -2.31. The van der Waals surface area contributed by atoms with Crippen LogP contribution in [-0.2, 0) is 16.1 Å². The molecule has 0 aliphatic heterocycles. The molecular formula is C26H35ClN2O3. The van der Waals surface area contributed by atoms with Gasteiger partial charge in [-0.1, -0.05) is 69.6 Å². The Kier molecular flexibility index (Phi) is 10.0. The fourth-order valence-corrected chi connectivity index (χ4v) is 3.58. The number of hydrogen-bond acceptors (Lipinski definition) is 3. The molecule has 1 N–H and O–H groups in total. The summed E-state index contributed by atoms with van der Waals surface area (Å²) in [4.78, 5) is 27.9. The van der Waals surface area contributed by atoms with Crippen LogP contribution in [0.4, 0.5) is 0 Å². The molecule has 6 heteroatoms. The van der Waals surface area contributed by atoms with E-state index >= 15 is 0 Å². The number of ether oxygens (including phenoxy) is 1. The minimum absolute atomic E-state index is 0.0400. The first-order valence-corrected chi connectivity index (χ1v) is 11.7. The molecule has 0 aliphatic rings. The number of nitrogens with one attached hydrogen (secondary N) is 1. The third-order valence-electron chi connectivity index (χ3n) is 5.55. The van der Waals surface area contributed by atoms with Crippen LogP contribution >= 0.6 is 11.6 Å². The Bertz CT molecular complexity index is 883. The molecule has 0 unspecified atom stereocenters. The standard InChI is InChI=1S/C26H35ClN2O3/c1-6-19(5)28-26(31)23(7-2)29(16-20-12-14-21(27)15-13-20)25(30)17-32-24-11-9-8-10-22(24)18(3)4/h8-15,18-19,23H,6-7,16-17H2,1-5H3,(H,28,31)/t19-,23-/m0/s1. The number of rotatable bonds is 11. The lowest BCUT2D eigenvalue weighted by Crippen LogP contribution is -2.51. The molecule has 2 atom stereocenters. The second-order valence-corrected chi connectivity index (χ2v) is 8.81. The highest BCUT2D eigenvalue weighted by atomic mass is 35.5. The number of halogens is 1. The molecule has 2 rings (SSSR count). The average Bonchev–Trinajstić information content (AvgIpc) is 2.78. The highest BCUT2D eigenvalue weighted by Gasteiger charge is 2.29. The summed E-state index contributed by atoms with van der Waals surface area (Å²) in [5, 5.41) is 3.64. The van der Waals surface area contributed by atoms with Gasteiger partial charge < -0.3 is 15.0 Å². The first-order chi connectivity index (χ1) is 15.3. The van der Waals surface area contributed by atoms with E-state index in [0.29, 0.717) is 23.7 Å². The summed E-state index contributed by atoms with van der Waals surface area (Å²) in [6.07, 6.45) is 1.33. The van der Waals surface area contributed by atoms with Crippen molar-refractivity contribution < 1.29 is 14.3 Å². The molecule has 5 nitrogen and oxygen atoms in total. The Morgan fingerprint density at radius 2 is 1.66 bits per heavy atom. The van der Waals surface area contributed by atoms with Gasteiger partial charge in [0.15, 0.2) is 6.61 Å². The van der Waals surface area contributed by atoms with E-state index in [2.05, 4.69) is 19.2 Å². The summed E-state index contributed by atoms with van der Waals surface area (Å²) in [6.45, 7) is 10.2. The normalized spacial score (nSPS) is 12.8. The van der Waals surface area contributed by atoms with Gasteiger partial charge in [-0.05, 0) is 55.0 Å². The molecule has 32 heavy (non-hydrogen) atoms. The highest BCUT2D eigenvalue weighted by molar-refractivity contribution is 6.30. The van der Waals surface area contributed by atoms with Crippen molar-refractivity contribution in [2.24, 2.45) is 0 Å². The van der Waals surface area contributed by atoms with Crippen LogP contribution in [0, 0.1) is 0 Å². The maximum absolute atomic E-state index is 13.3. The van der Waals surface area contributed by atoms with Crippen LogP contribution in [0.25, 0.3) is 0 Å². The van der Waals surface area contributed by atoms with Crippen molar-refractivity contribution in [2.75, 3.05) is 6.61 Å². The van der Waals surface area contributed by atoms with E-state index in [1.807, 2.05) is 57.2 Å². The molecule has 0 fully saturated rings. The van der Waals surface area contributed by atoms with Crippen molar-refractivity contribution in [3.63, 3.8) is 0 Å². The molecule has 0 saturated heterocycles. The fourth-order valence-electron chi connectivity index (χ4n) is 3.46. The predicted molar refractivity (Wildman–Crippen MR) is 130 cm³/mol. The predicted octanol–water partition coefficient (Wildman–Crippen LogP) is 5.56. The third-order valence-corrected chi connectivity index (χ3v) is 5.80. The van der Waals surface area contributed by atoms with E-state index in [-0.39, 0.29) is 30.4 Å². The van der Waals surface area contributed by atoms with Crippen LogP contribution < -0.4 is 10.1 Å². The molecule has 0 aromatic heterocycles. The molecule has 2 aromatic rings. The molecule has 174 valence electrons. The van der Waals surface area contributed by atoms with E-state index in [0.717, 1.165) is 17.5 Å². The zero-order valence-electron chi connectivity index (χ0n) is 19.7. The van der Waals surface area contributed by atoms with Crippen LogP contribution in [0.5, 0.6) is 5.75 Å². The number of benzene rings is 2. The Morgan fingerprint density at radius 3 is 2.25 bits per heavy atom. The zero-order valence-corrected chi connectivity index (χ0v) is 20.5. The molecule has 0 aliphatic carbocycles. The van der Waals surface area contributed by atoms with Gasteiger partial charge >= 0.3 is 0 Å². The molecular weight excluding hydrogens is 424 g/mol. The Balaban J connectivity index is 2.24. The van der Waals surface area contributed by atoms with Crippen molar-refractivity contribution >= 4 is 23.4 Å². The Hall–Kier alpha value is -2.53. The van der Waals surface area contributed by atoms with Crippen molar-refractivity contribution in [2.45, 2.75) is 72.0 Å². The second-order valence-electron chi connectivity index (χ2n) is 8.37. The number of nitrogens with zero attached hydrogens (tertiary/aromatic N) is 1. The lowest BCUT2D eigenvalue weighted by atomic mass is 10.0. The smallest absolute Gasteiger partial charge is 0.261 e. The third kappa shape index (κ3) is 7.27. The largest absolute Gasteiger partial charge is 0.483 e. The topological polar surface area (TPSA) is 58.6 Å². The van der Waals surface area contributed by atoms with Crippen LogP contribution in [0.1, 0.15) is 64.5 Å². The fraction of sp³-hybridized carbons (Fsp3) is 0.462. The number of carbonyl (C=O) groups is 2. The highest BCUT2D eigenvalue weighted by Crippen LogP contribution is 2.26. The molecule has 0 saturated carbocycles. The van der Waals surface area contributed by atoms with Crippen LogP contribution in [0.2, 0.25) is 5.02 Å². The van der Waals surface area contributed by atoms with Gasteiger partial charge in [0, 0.05) is 17.6 Å². The Morgan fingerprint density at radius 1 is 1.00 bits per heavy atom. The first-order valence-electron chi connectivity index (χ1n) is 11.3. The summed E-state index contributed by atoms with van der Waals surface area (Å²) < 4.78 is 5.93. The summed E-state index contributed by atoms with van der Waals surface area (Å²) in [6, 6.07) is 14.5. The van der Waals surface area contributed by atoms with E-state index < -0.39 is 6.04 Å². The summed E-state index contributed by atoms with van der Waals surface area (Å²) in [5.74, 6) is 0.590. The van der Waals surface area contributed by atoms with Gasteiger partial charge in [0.05, 0.1) is 0 Å². The average molecular weight is 459 g/mol. The van der Waals surface area contributed by atoms with Gasteiger partial charge in [-0.2, -0.15) is 0 Å². The van der Waals surface area contributed by atoms with E-state index in [4.69, 9.17) is 16.3 Å². The van der Waals surface area contributed by atoms with Crippen LogP contribution in [0.15, 0.2) is 48.5 Å². The molecule has 2 amide bonds. The van der Waals surface area contributed by atoms with E-state index in [9.17, 15) is 9.59 Å². The van der Waals surface area contributed by atoms with Gasteiger partial charge in [-0.25, -0.2) is 0 Å². The Labute approximate surface area is 197 Å². The molecule has 0 bridgehead atoms. The van der Waals surface area contributed by atoms with E-state index in [1.54, 1.807) is 17.0 Å². The number of amides is 2.